The van der Waals surface area contributed by atoms with Crippen LogP contribution in [-0.4, -0.2) is 37.3 Å². The molecule has 1 saturated heterocycles. The fourth-order valence-electron chi connectivity index (χ4n) is 2.22. The normalized spacial score (nSPS) is 15.3. The lowest BCUT2D eigenvalue weighted by molar-refractivity contribution is -0.123. The summed E-state index contributed by atoms with van der Waals surface area (Å²) in [6.45, 7) is 0. The van der Waals surface area contributed by atoms with E-state index in [1.807, 2.05) is 0 Å². The second kappa shape index (κ2) is 7.60. The Kier molecular flexibility index (Phi) is 5.24. The number of nitrogens with zero attached hydrogens (tertiary/aromatic N) is 1. The maximum Gasteiger partial charge on any atom is 0.335 e. The number of nitrogens with one attached hydrogen (secondary N) is 1. The summed E-state index contributed by atoms with van der Waals surface area (Å²) in [5.41, 5.74) is 3.47. The van der Waals surface area contributed by atoms with Gasteiger partial charge in [0.1, 0.15) is 5.75 Å². The van der Waals surface area contributed by atoms with Crippen LogP contribution in [0.15, 0.2) is 53.4 Å². The fraction of sp³-hybridized carbons (Fsp3) is 0. The van der Waals surface area contributed by atoms with Crippen LogP contribution in [-0.2, 0) is 4.79 Å². The molecule has 136 valence electrons. The lowest BCUT2D eigenvalue weighted by atomic mass is 10.1. The van der Waals surface area contributed by atoms with Gasteiger partial charge in [-0.15, -0.1) is 0 Å². The lowest BCUT2D eigenvalue weighted by Gasteiger charge is -2.15. The minimum atomic E-state index is -1.04. The summed E-state index contributed by atoms with van der Waals surface area (Å²) in [5, 5.41) is 19.2. The van der Waals surface area contributed by atoms with Crippen molar-refractivity contribution in [3.63, 3.8) is 0 Å². The summed E-state index contributed by atoms with van der Waals surface area (Å²) in [4.78, 5) is 35.9. The van der Waals surface area contributed by atoms with Crippen molar-refractivity contribution in [3.8, 4) is 5.75 Å². The van der Waals surface area contributed by atoms with Gasteiger partial charge in [0.15, 0.2) is 4.32 Å². The molecule has 27 heavy (non-hydrogen) atoms. The van der Waals surface area contributed by atoms with E-state index in [0.717, 1.165) is 16.8 Å². The maximum atomic E-state index is 12.5. The van der Waals surface area contributed by atoms with Crippen molar-refractivity contribution in [2.45, 2.75) is 0 Å². The quantitative estimate of drug-likeness (QED) is 0.535. The van der Waals surface area contributed by atoms with Gasteiger partial charge in [-0.05, 0) is 60.3 Å². The number of rotatable bonds is 4. The molecule has 2 aromatic rings. The Morgan fingerprint density at radius 1 is 1.04 bits per heavy atom. The predicted molar refractivity (Wildman–Crippen MR) is 104 cm³/mol. The van der Waals surface area contributed by atoms with Crippen LogP contribution in [0.5, 0.6) is 5.75 Å². The number of hydrogen-bond donors (Lipinski definition) is 3. The monoisotopic (exact) mass is 400 g/mol. The van der Waals surface area contributed by atoms with Gasteiger partial charge in [0, 0.05) is 5.56 Å². The van der Waals surface area contributed by atoms with E-state index in [1.54, 1.807) is 18.2 Å². The molecule has 1 fully saturated rings. The second-order valence-corrected chi connectivity index (χ2v) is 7.11. The fourth-order valence-corrected chi connectivity index (χ4v) is 3.40. The summed E-state index contributed by atoms with van der Waals surface area (Å²) in [6.07, 6.45) is 1.57. The first-order valence-electron chi connectivity index (χ1n) is 7.56. The number of aromatic hydroxyl groups is 1. The standard InChI is InChI=1S/C18H12N2O5S2/c21-13-7-5-11(6-8-13)15(22)19-20-16(23)14(27-18(20)26)9-10-1-3-12(4-2-10)17(24)25/h1-9,21H,(H,19,22)(H,24,25)/b14-9+. The van der Waals surface area contributed by atoms with E-state index >= 15 is 0 Å². The first-order chi connectivity index (χ1) is 12.8. The molecular formula is C18H12N2O5S2. The van der Waals surface area contributed by atoms with Crippen molar-refractivity contribution >= 4 is 52.2 Å². The van der Waals surface area contributed by atoms with Crippen LogP contribution >= 0.6 is 24.0 Å². The highest BCUT2D eigenvalue weighted by Gasteiger charge is 2.33. The molecule has 0 atom stereocenters. The zero-order valence-corrected chi connectivity index (χ0v) is 15.2. The van der Waals surface area contributed by atoms with Crippen LogP contribution in [0.2, 0.25) is 0 Å². The Bertz CT molecular complexity index is 968. The summed E-state index contributed by atoms with van der Waals surface area (Å²) in [5.74, 6) is -2.04. The smallest absolute Gasteiger partial charge is 0.335 e. The number of hydrogen-bond acceptors (Lipinski definition) is 6. The van der Waals surface area contributed by atoms with Crippen LogP contribution in [0.25, 0.3) is 6.08 Å². The number of phenolic OH excluding ortho intramolecular Hbond substituents is 1. The zero-order valence-electron chi connectivity index (χ0n) is 13.6. The highest BCUT2D eigenvalue weighted by atomic mass is 32.2. The van der Waals surface area contributed by atoms with E-state index in [4.69, 9.17) is 17.3 Å². The summed E-state index contributed by atoms with van der Waals surface area (Å²) in [6, 6.07) is 11.6. The molecule has 0 unspecified atom stereocenters. The molecule has 7 nitrogen and oxygen atoms in total. The number of thiocarbonyl (C=S) groups is 1. The van der Waals surface area contributed by atoms with E-state index < -0.39 is 17.8 Å². The third-order valence-corrected chi connectivity index (χ3v) is 4.89. The number of benzene rings is 2. The number of thioether (sulfide) groups is 1. The van der Waals surface area contributed by atoms with Gasteiger partial charge in [-0.2, -0.15) is 5.01 Å². The molecule has 9 heteroatoms. The van der Waals surface area contributed by atoms with Crippen LogP contribution in [0.3, 0.4) is 0 Å². The van der Waals surface area contributed by atoms with Gasteiger partial charge in [0.2, 0.25) is 0 Å². The topological polar surface area (TPSA) is 107 Å². The Morgan fingerprint density at radius 2 is 1.63 bits per heavy atom. The van der Waals surface area contributed by atoms with Crippen molar-refractivity contribution in [1.29, 1.82) is 0 Å². The molecule has 0 bridgehead atoms. The largest absolute Gasteiger partial charge is 0.508 e. The molecule has 3 rings (SSSR count). The third-order valence-electron chi connectivity index (χ3n) is 3.59. The number of carbonyl (C=O) groups is 3. The minimum Gasteiger partial charge on any atom is -0.508 e. The van der Waals surface area contributed by atoms with E-state index in [1.165, 1.54) is 36.4 Å². The Morgan fingerprint density at radius 3 is 2.22 bits per heavy atom. The van der Waals surface area contributed by atoms with Crippen molar-refractivity contribution in [1.82, 2.24) is 10.4 Å². The van der Waals surface area contributed by atoms with Crippen LogP contribution in [0.4, 0.5) is 0 Å². The van der Waals surface area contributed by atoms with Crippen LogP contribution in [0, 0.1) is 0 Å². The Hall–Kier alpha value is -3.17. The van der Waals surface area contributed by atoms with Gasteiger partial charge in [0.25, 0.3) is 11.8 Å². The Balaban J connectivity index is 1.75. The molecule has 0 aromatic heterocycles. The average molecular weight is 400 g/mol. The summed E-state index contributed by atoms with van der Waals surface area (Å²) in [7, 11) is 0. The van der Waals surface area contributed by atoms with E-state index in [2.05, 4.69) is 5.43 Å². The average Bonchev–Trinajstić information content (AvgIpc) is 2.90. The number of carbonyl (C=O) groups excluding carboxylic acids is 2. The van der Waals surface area contributed by atoms with Crippen molar-refractivity contribution in [2.24, 2.45) is 0 Å². The molecule has 2 aromatic carbocycles. The number of phenols is 1. The van der Waals surface area contributed by atoms with Crippen LogP contribution < -0.4 is 5.43 Å². The number of aromatic carboxylic acids is 1. The van der Waals surface area contributed by atoms with E-state index in [9.17, 15) is 19.5 Å². The zero-order chi connectivity index (χ0) is 19.6. The summed E-state index contributed by atoms with van der Waals surface area (Å²) >= 11 is 6.17. The molecule has 1 aliphatic rings. The lowest BCUT2D eigenvalue weighted by Crippen LogP contribution is -2.44. The first kappa shape index (κ1) is 18.6. The molecule has 2 amide bonds. The number of carboxylic acid groups (broad SMARTS) is 1. The highest BCUT2D eigenvalue weighted by Crippen LogP contribution is 2.31. The van der Waals surface area contributed by atoms with Crippen molar-refractivity contribution in [2.75, 3.05) is 0 Å². The van der Waals surface area contributed by atoms with Gasteiger partial charge in [0.05, 0.1) is 10.5 Å². The highest BCUT2D eigenvalue weighted by molar-refractivity contribution is 8.26. The third kappa shape index (κ3) is 4.15. The molecule has 0 radical (unpaired) electrons. The second-order valence-electron chi connectivity index (χ2n) is 5.43. The summed E-state index contributed by atoms with van der Waals surface area (Å²) < 4.78 is 0.167. The first-order valence-corrected chi connectivity index (χ1v) is 8.79. The molecule has 0 saturated carbocycles. The predicted octanol–water partition coefficient (Wildman–Crippen LogP) is 2.64. The minimum absolute atomic E-state index is 0.0222. The van der Waals surface area contributed by atoms with Gasteiger partial charge in [-0.3, -0.25) is 15.0 Å². The Labute approximate surface area is 163 Å². The number of amides is 2. The molecule has 0 spiro atoms. The van der Waals surface area contributed by atoms with Gasteiger partial charge in [-0.1, -0.05) is 23.9 Å². The molecule has 1 heterocycles. The molecule has 0 aliphatic carbocycles. The van der Waals surface area contributed by atoms with Gasteiger partial charge >= 0.3 is 5.97 Å². The number of carboxylic acids is 1. The van der Waals surface area contributed by atoms with E-state index in [0.29, 0.717) is 10.5 Å². The molecule has 3 N–H and O–H groups in total. The number of hydrazine groups is 1. The molecular weight excluding hydrogens is 388 g/mol. The maximum absolute atomic E-state index is 12.5. The van der Waals surface area contributed by atoms with Gasteiger partial charge < -0.3 is 10.2 Å². The SMILES string of the molecule is O=C(O)c1ccc(/C=C2/SC(=S)N(NC(=O)c3ccc(O)cc3)C2=O)cc1. The van der Waals surface area contributed by atoms with Crippen molar-refractivity contribution < 1.29 is 24.6 Å². The van der Waals surface area contributed by atoms with Gasteiger partial charge in [-0.25, -0.2) is 4.79 Å². The van der Waals surface area contributed by atoms with E-state index in [-0.39, 0.29) is 21.2 Å². The molecule has 1 aliphatic heterocycles. The van der Waals surface area contributed by atoms with Crippen LogP contribution in [0.1, 0.15) is 26.3 Å². The van der Waals surface area contributed by atoms with Crippen molar-refractivity contribution in [3.05, 3.63) is 70.1 Å².